The van der Waals surface area contributed by atoms with E-state index in [4.69, 9.17) is 4.84 Å². The molecule has 1 aliphatic carbocycles. The Balaban J connectivity index is 2.32. The SMILES string of the molecule is CCCC[N+](Oc1ccccc1)(C(=O)C1(C(C)(C)CC)C=Cc2ccccc2C1O)C(C)(C)CC. The average molecular weight is 479 g/mol. The molecule has 0 heterocycles. The summed E-state index contributed by atoms with van der Waals surface area (Å²) in [5.74, 6) is 0.587. The Bertz CT molecular complexity index is 1040. The summed E-state index contributed by atoms with van der Waals surface area (Å²) in [7, 11) is 0. The van der Waals surface area contributed by atoms with E-state index in [1.807, 2.05) is 66.7 Å². The molecule has 2 aromatic carbocycles. The van der Waals surface area contributed by atoms with Crippen molar-refractivity contribution in [2.45, 2.75) is 85.8 Å². The highest BCUT2D eigenvalue weighted by atomic mass is 16.7. The lowest BCUT2D eigenvalue weighted by Gasteiger charge is -2.53. The van der Waals surface area contributed by atoms with E-state index in [-0.39, 0.29) is 10.6 Å². The lowest BCUT2D eigenvalue weighted by Crippen LogP contribution is -2.72. The number of fused-ring (bicyclic) bond motifs is 1. The van der Waals surface area contributed by atoms with Gasteiger partial charge in [0.15, 0.2) is 5.75 Å². The van der Waals surface area contributed by atoms with E-state index in [0.29, 0.717) is 12.3 Å². The van der Waals surface area contributed by atoms with Crippen molar-refractivity contribution in [3.63, 3.8) is 0 Å². The maximum Gasteiger partial charge on any atom is 0.368 e. The smallest absolute Gasteiger partial charge is 0.368 e. The molecule has 190 valence electrons. The lowest BCUT2D eigenvalue weighted by molar-refractivity contribution is -1.05. The number of hydrogen-bond donors (Lipinski definition) is 1. The number of hydrogen-bond acceptors (Lipinski definition) is 3. The summed E-state index contributed by atoms with van der Waals surface area (Å²) in [6, 6.07) is 17.5. The molecule has 0 spiro atoms. The van der Waals surface area contributed by atoms with Gasteiger partial charge >= 0.3 is 5.91 Å². The molecule has 1 N–H and O–H groups in total. The first-order valence-electron chi connectivity index (χ1n) is 13.2. The topological polar surface area (TPSA) is 46.5 Å². The summed E-state index contributed by atoms with van der Waals surface area (Å²) in [6.45, 7) is 15.3. The highest BCUT2D eigenvalue weighted by molar-refractivity contribution is 5.84. The Hall–Kier alpha value is -2.43. The zero-order valence-corrected chi connectivity index (χ0v) is 22.7. The third kappa shape index (κ3) is 4.47. The second-order valence-corrected chi connectivity index (χ2v) is 11.2. The van der Waals surface area contributed by atoms with Crippen LogP contribution in [0.25, 0.3) is 6.08 Å². The normalized spacial score (nSPS) is 21.8. The number of benzene rings is 2. The van der Waals surface area contributed by atoms with Crippen LogP contribution in [-0.2, 0) is 4.79 Å². The van der Waals surface area contributed by atoms with Crippen LogP contribution in [0.15, 0.2) is 60.7 Å². The number of hydroxylamine groups is 3. The van der Waals surface area contributed by atoms with Gasteiger partial charge in [-0.25, -0.2) is 4.79 Å². The Morgan fingerprint density at radius 2 is 1.60 bits per heavy atom. The van der Waals surface area contributed by atoms with Crippen LogP contribution in [0, 0.1) is 10.8 Å². The van der Waals surface area contributed by atoms with Gasteiger partial charge in [0.2, 0.25) is 0 Å². The highest BCUT2D eigenvalue weighted by Crippen LogP contribution is 2.57. The molecular weight excluding hydrogens is 434 g/mol. The number of quaternary nitrogens is 1. The fourth-order valence-electron chi connectivity index (χ4n) is 5.32. The second-order valence-electron chi connectivity index (χ2n) is 11.2. The van der Waals surface area contributed by atoms with Crippen LogP contribution in [0.5, 0.6) is 5.75 Å². The molecule has 35 heavy (non-hydrogen) atoms. The number of rotatable bonds is 10. The van der Waals surface area contributed by atoms with Crippen LogP contribution in [0.1, 0.15) is 91.4 Å². The number of aliphatic hydroxyl groups excluding tert-OH is 1. The quantitative estimate of drug-likeness (QED) is 0.284. The molecule has 1 aliphatic rings. The molecule has 4 heteroatoms. The highest BCUT2D eigenvalue weighted by Gasteiger charge is 2.67. The lowest BCUT2D eigenvalue weighted by atomic mass is 9.56. The maximum atomic E-state index is 15.3. The Morgan fingerprint density at radius 3 is 2.20 bits per heavy atom. The van der Waals surface area contributed by atoms with Gasteiger partial charge in [0, 0.05) is 12.8 Å². The predicted molar refractivity (Wildman–Crippen MR) is 143 cm³/mol. The van der Waals surface area contributed by atoms with Crippen molar-refractivity contribution in [1.29, 1.82) is 0 Å². The van der Waals surface area contributed by atoms with Crippen molar-refractivity contribution in [3.05, 3.63) is 71.8 Å². The number of amides is 1. The summed E-state index contributed by atoms with van der Waals surface area (Å²) in [6.07, 6.45) is 6.27. The van der Waals surface area contributed by atoms with Crippen LogP contribution in [0.4, 0.5) is 0 Å². The summed E-state index contributed by atoms with van der Waals surface area (Å²) in [5, 5.41) is 12.1. The first-order valence-corrected chi connectivity index (χ1v) is 13.2. The average Bonchev–Trinajstić information content (AvgIpc) is 2.87. The van der Waals surface area contributed by atoms with E-state index in [1.54, 1.807) is 0 Å². The minimum Gasteiger partial charge on any atom is -0.387 e. The molecule has 0 bridgehead atoms. The fourth-order valence-corrected chi connectivity index (χ4v) is 5.32. The number of carbonyl (C=O) groups excluding carboxylic acids is 1. The molecule has 0 aliphatic heterocycles. The summed E-state index contributed by atoms with van der Waals surface area (Å²) >= 11 is 0. The fraction of sp³-hybridized carbons (Fsp3) is 0.516. The van der Waals surface area contributed by atoms with E-state index in [9.17, 15) is 5.11 Å². The van der Waals surface area contributed by atoms with E-state index in [1.165, 1.54) is 0 Å². The van der Waals surface area contributed by atoms with Gasteiger partial charge in [-0.05, 0) is 48.9 Å². The van der Waals surface area contributed by atoms with E-state index >= 15 is 4.79 Å². The third-order valence-corrected chi connectivity index (χ3v) is 8.61. The van der Waals surface area contributed by atoms with Crippen molar-refractivity contribution in [2.24, 2.45) is 10.8 Å². The first-order chi connectivity index (χ1) is 16.5. The number of nitrogens with zero attached hydrogens (tertiary/aromatic N) is 1. The molecule has 0 radical (unpaired) electrons. The molecule has 2 aromatic rings. The summed E-state index contributed by atoms with van der Waals surface area (Å²) in [5.41, 5.74) is -0.449. The molecule has 0 fully saturated rings. The molecule has 0 saturated carbocycles. The Morgan fingerprint density at radius 1 is 0.971 bits per heavy atom. The van der Waals surface area contributed by atoms with Crippen LogP contribution in [0.2, 0.25) is 0 Å². The molecular formula is C31H44NO3+. The van der Waals surface area contributed by atoms with E-state index in [2.05, 4.69) is 48.5 Å². The standard InChI is InChI=1S/C31H44NO3/c1-8-11-23-32(30(6,7)10-3,35-25-18-13-12-14-19-25)28(34)31(29(4,5)9-2)22-21-24-17-15-16-20-26(24)27(31)33/h12-22,27,33H,8-11,23H2,1-7H3/q+1. The number of unbranched alkanes of at least 4 members (excludes halogenated alkanes) is 1. The van der Waals surface area contributed by atoms with Crippen LogP contribution >= 0.6 is 0 Å². The number of carbonyl (C=O) groups is 1. The maximum absolute atomic E-state index is 15.3. The Labute approximate surface area is 212 Å². The molecule has 1 amide bonds. The molecule has 3 atom stereocenters. The molecule has 3 unspecified atom stereocenters. The summed E-state index contributed by atoms with van der Waals surface area (Å²) < 4.78 is -0.172. The van der Waals surface area contributed by atoms with Crippen LogP contribution in [0.3, 0.4) is 0 Å². The number of aliphatic hydroxyl groups is 1. The molecule has 0 saturated heterocycles. The van der Waals surface area contributed by atoms with Gasteiger partial charge in [-0.2, -0.15) is 0 Å². The minimum absolute atomic E-state index is 0.0771. The van der Waals surface area contributed by atoms with Gasteiger partial charge in [-0.15, -0.1) is 0 Å². The predicted octanol–water partition coefficient (Wildman–Crippen LogP) is 7.50. The van der Waals surface area contributed by atoms with Crippen LogP contribution in [-0.4, -0.2) is 27.7 Å². The van der Waals surface area contributed by atoms with Crippen molar-refractivity contribution in [2.75, 3.05) is 6.54 Å². The summed E-state index contributed by atoms with van der Waals surface area (Å²) in [4.78, 5) is 22.1. The zero-order valence-electron chi connectivity index (χ0n) is 22.7. The molecule has 0 aromatic heterocycles. The molecule has 4 nitrogen and oxygen atoms in total. The van der Waals surface area contributed by atoms with Gasteiger partial charge in [0.1, 0.15) is 23.6 Å². The van der Waals surface area contributed by atoms with Crippen molar-refractivity contribution < 1.29 is 19.4 Å². The van der Waals surface area contributed by atoms with E-state index in [0.717, 1.165) is 36.8 Å². The van der Waals surface area contributed by atoms with Crippen LogP contribution < -0.4 is 4.84 Å². The monoisotopic (exact) mass is 478 g/mol. The van der Waals surface area contributed by atoms with Gasteiger partial charge < -0.3 is 9.94 Å². The largest absolute Gasteiger partial charge is 0.387 e. The minimum atomic E-state index is -1.16. The van der Waals surface area contributed by atoms with Gasteiger partial charge in [-0.1, -0.05) is 100 Å². The van der Waals surface area contributed by atoms with Gasteiger partial charge in [-0.3, -0.25) is 0 Å². The second kappa shape index (κ2) is 10.3. The van der Waals surface area contributed by atoms with Crippen molar-refractivity contribution >= 4 is 12.0 Å². The van der Waals surface area contributed by atoms with E-state index < -0.39 is 22.5 Å². The van der Waals surface area contributed by atoms with Gasteiger partial charge in [0.25, 0.3) is 0 Å². The Kier molecular flexibility index (Phi) is 7.98. The first kappa shape index (κ1) is 27.2. The third-order valence-electron chi connectivity index (χ3n) is 8.61. The van der Waals surface area contributed by atoms with Crippen molar-refractivity contribution in [1.82, 2.24) is 0 Å². The number of para-hydroxylation sites is 1. The van der Waals surface area contributed by atoms with Crippen molar-refractivity contribution in [3.8, 4) is 5.75 Å². The molecule has 3 rings (SSSR count). The zero-order chi connectivity index (χ0) is 25.9. The van der Waals surface area contributed by atoms with Gasteiger partial charge in [0.05, 0.1) is 0 Å².